The van der Waals surface area contributed by atoms with Crippen molar-refractivity contribution < 1.29 is 9.18 Å². The van der Waals surface area contributed by atoms with Crippen LogP contribution in [0.25, 0.3) is 10.1 Å². The summed E-state index contributed by atoms with van der Waals surface area (Å²) in [6.07, 6.45) is 0.536. The zero-order valence-corrected chi connectivity index (χ0v) is 6.90. The molecule has 0 aliphatic rings. The first-order valence-corrected chi connectivity index (χ1v) is 4.31. The van der Waals surface area contributed by atoms with Crippen LogP contribution in [0.2, 0.25) is 0 Å². The van der Waals surface area contributed by atoms with Gasteiger partial charge < -0.3 is 0 Å². The number of benzene rings is 1. The third-order valence-electron chi connectivity index (χ3n) is 1.70. The molecule has 0 aliphatic carbocycles. The van der Waals surface area contributed by atoms with Gasteiger partial charge in [0.2, 0.25) is 0 Å². The van der Waals surface area contributed by atoms with Gasteiger partial charge in [0.25, 0.3) is 0 Å². The minimum absolute atomic E-state index is 0.130. The van der Waals surface area contributed by atoms with E-state index >= 15 is 0 Å². The summed E-state index contributed by atoms with van der Waals surface area (Å²) in [5, 5.41) is 2.72. The van der Waals surface area contributed by atoms with Crippen LogP contribution in [0.4, 0.5) is 4.39 Å². The van der Waals surface area contributed by atoms with E-state index in [1.54, 1.807) is 6.07 Å². The van der Waals surface area contributed by atoms with Crippen LogP contribution < -0.4 is 0 Å². The summed E-state index contributed by atoms with van der Waals surface area (Å²) in [4.78, 5) is 10.4. The van der Waals surface area contributed by atoms with Crippen LogP contribution in [0.15, 0.2) is 23.6 Å². The average molecular weight is 180 g/mol. The van der Waals surface area contributed by atoms with E-state index in [1.807, 2.05) is 11.4 Å². The predicted molar refractivity (Wildman–Crippen MR) is 47.2 cm³/mol. The van der Waals surface area contributed by atoms with Crippen molar-refractivity contribution in [2.45, 2.75) is 0 Å². The average Bonchev–Trinajstić information content (AvgIpc) is 2.49. The Hall–Kier alpha value is -1.22. The van der Waals surface area contributed by atoms with E-state index < -0.39 is 5.82 Å². The van der Waals surface area contributed by atoms with Gasteiger partial charge in [-0.25, -0.2) is 4.39 Å². The molecule has 0 radical (unpaired) electrons. The minimum atomic E-state index is -0.448. The Balaban J connectivity index is 2.81. The molecule has 1 heterocycles. The number of rotatable bonds is 1. The molecule has 0 amide bonds. The third-order valence-corrected chi connectivity index (χ3v) is 2.58. The zero-order chi connectivity index (χ0) is 8.55. The van der Waals surface area contributed by atoms with Crippen LogP contribution in [0.5, 0.6) is 0 Å². The van der Waals surface area contributed by atoms with E-state index in [2.05, 4.69) is 0 Å². The molecule has 12 heavy (non-hydrogen) atoms. The summed E-state index contributed by atoms with van der Waals surface area (Å²) in [5.41, 5.74) is 0.130. The fourth-order valence-electron chi connectivity index (χ4n) is 1.09. The molecule has 1 aromatic heterocycles. The molecule has 2 aromatic rings. The molecule has 2 rings (SSSR count). The van der Waals surface area contributed by atoms with Crippen LogP contribution in [0, 0.1) is 5.82 Å². The molecule has 0 N–H and O–H groups in total. The summed E-state index contributed by atoms with van der Waals surface area (Å²) in [5.74, 6) is -0.448. The standard InChI is InChI=1S/C9H5FOS/c10-8-3-6-1-2-12-9(6)4-7(8)5-11/h1-5H. The van der Waals surface area contributed by atoms with Crippen molar-refractivity contribution in [3.63, 3.8) is 0 Å². The number of carbonyl (C=O) groups excluding carboxylic acids is 1. The molecule has 0 unspecified atom stereocenters. The molecule has 0 fully saturated rings. The summed E-state index contributed by atoms with van der Waals surface area (Å²) in [6, 6.07) is 4.79. The predicted octanol–water partition coefficient (Wildman–Crippen LogP) is 2.85. The van der Waals surface area contributed by atoms with Gasteiger partial charge in [-0.15, -0.1) is 11.3 Å². The van der Waals surface area contributed by atoms with Gasteiger partial charge in [-0.05, 0) is 29.0 Å². The largest absolute Gasteiger partial charge is 0.298 e. The van der Waals surface area contributed by atoms with Gasteiger partial charge >= 0.3 is 0 Å². The van der Waals surface area contributed by atoms with Crippen molar-refractivity contribution in [2.75, 3.05) is 0 Å². The van der Waals surface area contributed by atoms with Gasteiger partial charge in [-0.1, -0.05) is 0 Å². The van der Waals surface area contributed by atoms with Gasteiger partial charge in [0.05, 0.1) is 5.56 Å². The number of thiophene rings is 1. The van der Waals surface area contributed by atoms with Crippen molar-refractivity contribution in [1.82, 2.24) is 0 Å². The number of halogens is 1. The Kier molecular flexibility index (Phi) is 1.66. The van der Waals surface area contributed by atoms with Crippen molar-refractivity contribution >= 4 is 27.7 Å². The first-order chi connectivity index (χ1) is 5.81. The molecular formula is C9H5FOS. The molecule has 1 nitrogen and oxygen atoms in total. The van der Waals surface area contributed by atoms with Crippen molar-refractivity contribution in [1.29, 1.82) is 0 Å². The van der Waals surface area contributed by atoms with E-state index in [1.165, 1.54) is 17.4 Å². The first kappa shape index (κ1) is 7.43. The van der Waals surface area contributed by atoms with Crippen LogP contribution in [0.3, 0.4) is 0 Å². The molecule has 0 atom stereocenters. The molecule has 0 saturated carbocycles. The number of aldehydes is 1. The lowest BCUT2D eigenvalue weighted by molar-refractivity contribution is 0.112. The Morgan fingerprint density at radius 2 is 2.25 bits per heavy atom. The van der Waals surface area contributed by atoms with Gasteiger partial charge in [-0.3, -0.25) is 4.79 Å². The number of carbonyl (C=O) groups is 1. The topological polar surface area (TPSA) is 17.1 Å². The normalized spacial score (nSPS) is 10.4. The molecule has 1 aromatic carbocycles. The number of hydrogen-bond donors (Lipinski definition) is 0. The van der Waals surface area contributed by atoms with Crippen molar-refractivity contribution in [2.24, 2.45) is 0 Å². The Morgan fingerprint density at radius 3 is 3.00 bits per heavy atom. The number of hydrogen-bond acceptors (Lipinski definition) is 2. The van der Waals surface area contributed by atoms with Gasteiger partial charge in [0, 0.05) is 4.70 Å². The second kappa shape index (κ2) is 2.68. The lowest BCUT2D eigenvalue weighted by atomic mass is 10.2. The quantitative estimate of drug-likeness (QED) is 0.617. The SMILES string of the molecule is O=Cc1cc2sccc2cc1F. The maximum atomic E-state index is 13.0. The van der Waals surface area contributed by atoms with Gasteiger partial charge in [-0.2, -0.15) is 0 Å². The van der Waals surface area contributed by atoms with E-state index in [0.29, 0.717) is 6.29 Å². The van der Waals surface area contributed by atoms with Crippen LogP contribution >= 0.6 is 11.3 Å². The van der Waals surface area contributed by atoms with Crippen molar-refractivity contribution in [3.05, 3.63) is 35.0 Å². The Bertz CT molecular complexity index is 433. The fourth-order valence-corrected chi connectivity index (χ4v) is 1.91. The lowest BCUT2D eigenvalue weighted by Crippen LogP contribution is -1.85. The Morgan fingerprint density at radius 1 is 1.42 bits per heavy atom. The van der Waals surface area contributed by atoms with E-state index in [9.17, 15) is 9.18 Å². The lowest BCUT2D eigenvalue weighted by Gasteiger charge is -1.93. The summed E-state index contributed by atoms with van der Waals surface area (Å²) >= 11 is 1.50. The minimum Gasteiger partial charge on any atom is -0.298 e. The Labute approximate surface area is 72.4 Å². The van der Waals surface area contributed by atoms with Crippen LogP contribution in [-0.4, -0.2) is 6.29 Å². The molecule has 60 valence electrons. The van der Waals surface area contributed by atoms with Crippen molar-refractivity contribution in [3.8, 4) is 0 Å². The monoisotopic (exact) mass is 180 g/mol. The molecule has 0 saturated heterocycles. The summed E-state index contributed by atoms with van der Waals surface area (Å²) in [6.45, 7) is 0. The second-order valence-electron chi connectivity index (χ2n) is 2.45. The van der Waals surface area contributed by atoms with Gasteiger partial charge in [0.1, 0.15) is 5.82 Å². The first-order valence-electron chi connectivity index (χ1n) is 3.43. The smallest absolute Gasteiger partial charge is 0.153 e. The maximum absolute atomic E-state index is 13.0. The highest BCUT2D eigenvalue weighted by molar-refractivity contribution is 7.17. The molecule has 3 heteroatoms. The third kappa shape index (κ3) is 1.02. The van der Waals surface area contributed by atoms with E-state index in [4.69, 9.17) is 0 Å². The summed E-state index contributed by atoms with van der Waals surface area (Å²) in [7, 11) is 0. The molecule has 0 aliphatic heterocycles. The highest BCUT2D eigenvalue weighted by Crippen LogP contribution is 2.23. The molecule has 0 bridgehead atoms. The second-order valence-corrected chi connectivity index (χ2v) is 3.40. The van der Waals surface area contributed by atoms with Crippen LogP contribution in [0.1, 0.15) is 10.4 Å². The van der Waals surface area contributed by atoms with Gasteiger partial charge in [0.15, 0.2) is 6.29 Å². The van der Waals surface area contributed by atoms with E-state index in [0.717, 1.165) is 10.1 Å². The highest BCUT2D eigenvalue weighted by atomic mass is 32.1. The van der Waals surface area contributed by atoms with E-state index in [-0.39, 0.29) is 5.56 Å². The molecular weight excluding hydrogens is 175 g/mol. The van der Waals surface area contributed by atoms with Crippen LogP contribution in [-0.2, 0) is 0 Å². The highest BCUT2D eigenvalue weighted by Gasteiger charge is 2.03. The summed E-state index contributed by atoms with van der Waals surface area (Å²) < 4.78 is 13.9. The maximum Gasteiger partial charge on any atom is 0.153 e. The zero-order valence-electron chi connectivity index (χ0n) is 6.08. The molecule has 0 spiro atoms. The number of fused-ring (bicyclic) bond motifs is 1. The fraction of sp³-hybridized carbons (Fsp3) is 0.